The molecule has 0 spiro atoms. The monoisotopic (exact) mass is 348 g/mol. The average Bonchev–Trinajstić information content (AvgIpc) is 2.92. The number of carboxylic acid groups (broad SMARTS) is 1. The van der Waals surface area contributed by atoms with E-state index in [1.54, 1.807) is 0 Å². The molecule has 8 heteroatoms. The van der Waals surface area contributed by atoms with Gasteiger partial charge in [-0.15, -0.1) is 11.3 Å². The minimum Gasteiger partial charge on any atom is -0.480 e. The lowest BCUT2D eigenvalue weighted by Crippen LogP contribution is -2.45. The van der Waals surface area contributed by atoms with Crippen LogP contribution in [0.3, 0.4) is 0 Å². The summed E-state index contributed by atoms with van der Waals surface area (Å²) < 4.78 is 0.946. The number of hydrogen-bond acceptors (Lipinski definition) is 4. The summed E-state index contributed by atoms with van der Waals surface area (Å²) in [4.78, 5) is 25.0. The van der Waals surface area contributed by atoms with Gasteiger partial charge in [-0.05, 0) is 22.0 Å². The maximum absolute atomic E-state index is 11.9. The summed E-state index contributed by atoms with van der Waals surface area (Å²) in [5, 5.41) is 23.0. The van der Waals surface area contributed by atoms with Gasteiger partial charge in [-0.2, -0.15) is 0 Å². The molecule has 0 saturated carbocycles. The van der Waals surface area contributed by atoms with Crippen molar-refractivity contribution in [2.75, 3.05) is 6.54 Å². The fourth-order valence-electron chi connectivity index (χ4n) is 1.98. The molecule has 1 fully saturated rings. The van der Waals surface area contributed by atoms with E-state index in [1.165, 1.54) is 11.3 Å². The number of urea groups is 1. The lowest BCUT2D eigenvalue weighted by atomic mass is 10.2. The topological polar surface area (TPSA) is 89.9 Å². The van der Waals surface area contributed by atoms with Gasteiger partial charge in [0.05, 0.1) is 12.6 Å². The number of amides is 2. The first kappa shape index (κ1) is 14.3. The fourth-order valence-corrected chi connectivity index (χ4v) is 3.37. The van der Waals surface area contributed by atoms with Gasteiger partial charge in [-0.1, -0.05) is 0 Å². The van der Waals surface area contributed by atoms with Crippen LogP contribution in [-0.2, 0) is 11.3 Å². The predicted octanol–water partition coefficient (Wildman–Crippen LogP) is 1.24. The molecule has 2 atom stereocenters. The zero-order valence-corrected chi connectivity index (χ0v) is 12.3. The number of aliphatic carboxylic acids is 1. The Labute approximate surface area is 122 Å². The SMILES string of the molecule is O=C(O)[C@@H]1C[C@H](O)CN1C(=O)NCc1cc(Br)cs1. The molecule has 2 amide bonds. The van der Waals surface area contributed by atoms with Gasteiger partial charge in [0.15, 0.2) is 0 Å². The van der Waals surface area contributed by atoms with E-state index >= 15 is 0 Å². The minimum atomic E-state index is -1.09. The van der Waals surface area contributed by atoms with Gasteiger partial charge < -0.3 is 20.4 Å². The Hall–Kier alpha value is -1.12. The van der Waals surface area contributed by atoms with Crippen molar-refractivity contribution in [1.82, 2.24) is 10.2 Å². The number of aliphatic hydroxyl groups excluding tert-OH is 1. The molecular formula is C11H13BrN2O4S. The Morgan fingerprint density at radius 1 is 1.58 bits per heavy atom. The molecule has 6 nitrogen and oxygen atoms in total. The van der Waals surface area contributed by atoms with E-state index < -0.39 is 24.1 Å². The van der Waals surface area contributed by atoms with E-state index in [9.17, 15) is 14.7 Å². The molecule has 0 bridgehead atoms. The number of halogens is 1. The number of likely N-dealkylation sites (tertiary alicyclic amines) is 1. The van der Waals surface area contributed by atoms with Crippen LogP contribution in [0.4, 0.5) is 4.79 Å². The molecule has 2 heterocycles. The lowest BCUT2D eigenvalue weighted by Gasteiger charge is -2.21. The number of carboxylic acids is 1. The summed E-state index contributed by atoms with van der Waals surface area (Å²) in [6, 6.07) is 0.469. The molecule has 3 N–H and O–H groups in total. The summed E-state index contributed by atoms with van der Waals surface area (Å²) in [7, 11) is 0. The van der Waals surface area contributed by atoms with Crippen LogP contribution in [0.2, 0.25) is 0 Å². The molecule has 0 radical (unpaired) electrons. The van der Waals surface area contributed by atoms with Gasteiger partial charge >= 0.3 is 12.0 Å². The van der Waals surface area contributed by atoms with Crippen LogP contribution in [0.5, 0.6) is 0 Å². The fraction of sp³-hybridized carbons (Fsp3) is 0.455. The molecule has 19 heavy (non-hydrogen) atoms. The van der Waals surface area contributed by atoms with Crippen LogP contribution >= 0.6 is 27.3 Å². The molecule has 104 valence electrons. The minimum absolute atomic E-state index is 0.0525. The number of aliphatic hydroxyl groups is 1. The zero-order chi connectivity index (χ0) is 14.0. The average molecular weight is 349 g/mol. The third kappa shape index (κ3) is 3.46. The highest BCUT2D eigenvalue weighted by molar-refractivity contribution is 9.10. The van der Waals surface area contributed by atoms with Crippen LogP contribution in [0, 0.1) is 0 Å². The number of nitrogens with zero attached hydrogens (tertiary/aromatic N) is 1. The van der Waals surface area contributed by atoms with Crippen molar-refractivity contribution in [2.24, 2.45) is 0 Å². The van der Waals surface area contributed by atoms with E-state index in [0.29, 0.717) is 6.54 Å². The molecular weight excluding hydrogens is 336 g/mol. The second-order valence-electron chi connectivity index (χ2n) is 4.29. The number of thiophene rings is 1. The second kappa shape index (κ2) is 5.89. The smallest absolute Gasteiger partial charge is 0.326 e. The highest BCUT2D eigenvalue weighted by Gasteiger charge is 2.38. The third-order valence-electron chi connectivity index (χ3n) is 2.86. The molecule has 0 aliphatic carbocycles. The number of nitrogens with one attached hydrogen (secondary N) is 1. The Balaban J connectivity index is 1.93. The van der Waals surface area contributed by atoms with Crippen molar-refractivity contribution in [3.63, 3.8) is 0 Å². The Morgan fingerprint density at radius 2 is 2.32 bits per heavy atom. The van der Waals surface area contributed by atoms with Crippen LogP contribution in [0.25, 0.3) is 0 Å². The quantitative estimate of drug-likeness (QED) is 0.766. The number of hydrogen-bond donors (Lipinski definition) is 3. The summed E-state index contributed by atoms with van der Waals surface area (Å²) in [5.74, 6) is -1.09. The number of carbonyl (C=O) groups is 2. The third-order valence-corrected chi connectivity index (χ3v) is 4.56. The summed E-state index contributed by atoms with van der Waals surface area (Å²) in [6.45, 7) is 0.394. The van der Waals surface area contributed by atoms with Crippen molar-refractivity contribution >= 4 is 39.3 Å². The normalized spacial score (nSPS) is 22.5. The molecule has 1 saturated heterocycles. The van der Waals surface area contributed by atoms with Crippen LogP contribution in [0.15, 0.2) is 15.9 Å². The standard InChI is InChI=1S/C11H13BrN2O4S/c12-6-1-8(19-5-6)3-13-11(18)14-4-7(15)2-9(14)10(16)17/h1,5,7,9,15H,2-4H2,(H,13,18)(H,16,17)/t7-,9-/m0/s1. The van der Waals surface area contributed by atoms with E-state index in [2.05, 4.69) is 21.2 Å². The molecule has 0 unspecified atom stereocenters. The van der Waals surface area contributed by atoms with E-state index in [0.717, 1.165) is 14.2 Å². The van der Waals surface area contributed by atoms with Gasteiger partial charge in [-0.25, -0.2) is 9.59 Å². The maximum atomic E-state index is 11.9. The first-order chi connectivity index (χ1) is 8.97. The van der Waals surface area contributed by atoms with Crippen molar-refractivity contribution in [2.45, 2.75) is 25.1 Å². The molecule has 1 aromatic rings. The van der Waals surface area contributed by atoms with Crippen molar-refractivity contribution in [3.8, 4) is 0 Å². The Morgan fingerprint density at radius 3 is 2.89 bits per heavy atom. The molecule has 0 aromatic carbocycles. The predicted molar refractivity (Wildman–Crippen MR) is 73.0 cm³/mol. The summed E-state index contributed by atoms with van der Waals surface area (Å²) >= 11 is 4.81. The molecule has 1 aliphatic rings. The summed E-state index contributed by atoms with van der Waals surface area (Å²) in [5.41, 5.74) is 0. The van der Waals surface area contributed by atoms with Crippen molar-refractivity contribution in [1.29, 1.82) is 0 Å². The van der Waals surface area contributed by atoms with E-state index in [-0.39, 0.29) is 13.0 Å². The van der Waals surface area contributed by atoms with Crippen molar-refractivity contribution in [3.05, 3.63) is 20.8 Å². The molecule has 1 aliphatic heterocycles. The van der Waals surface area contributed by atoms with Gasteiger partial charge in [0.2, 0.25) is 0 Å². The van der Waals surface area contributed by atoms with Crippen LogP contribution < -0.4 is 5.32 Å². The molecule has 2 rings (SSSR count). The first-order valence-corrected chi connectivity index (χ1v) is 7.33. The largest absolute Gasteiger partial charge is 0.480 e. The maximum Gasteiger partial charge on any atom is 0.326 e. The number of carbonyl (C=O) groups excluding carboxylic acids is 1. The Kier molecular flexibility index (Phi) is 4.43. The van der Waals surface area contributed by atoms with E-state index in [1.807, 2.05) is 11.4 Å². The van der Waals surface area contributed by atoms with E-state index in [4.69, 9.17) is 5.11 Å². The first-order valence-electron chi connectivity index (χ1n) is 5.65. The van der Waals surface area contributed by atoms with Crippen molar-refractivity contribution < 1.29 is 19.8 Å². The Bertz CT molecular complexity index is 493. The van der Waals surface area contributed by atoms with Gasteiger partial charge in [-0.3, -0.25) is 0 Å². The number of β-amino-alcohol motifs (C(OH)–C–C–N with tert-alkyl or cyclic N) is 1. The van der Waals surface area contributed by atoms with Crippen LogP contribution in [-0.4, -0.2) is 45.8 Å². The number of rotatable bonds is 3. The lowest BCUT2D eigenvalue weighted by molar-refractivity contribution is -0.141. The van der Waals surface area contributed by atoms with Crippen LogP contribution in [0.1, 0.15) is 11.3 Å². The zero-order valence-electron chi connectivity index (χ0n) is 9.88. The highest BCUT2D eigenvalue weighted by Crippen LogP contribution is 2.21. The molecule has 1 aromatic heterocycles. The summed E-state index contributed by atoms with van der Waals surface area (Å²) in [6.07, 6.45) is -0.699. The van der Waals surface area contributed by atoms with Gasteiger partial charge in [0, 0.05) is 27.7 Å². The second-order valence-corrected chi connectivity index (χ2v) is 6.20. The van der Waals surface area contributed by atoms with Gasteiger partial charge in [0.25, 0.3) is 0 Å². The highest BCUT2D eigenvalue weighted by atomic mass is 79.9. The van der Waals surface area contributed by atoms with Gasteiger partial charge in [0.1, 0.15) is 6.04 Å².